The number of nitrogens with one attached hydrogen (secondary N) is 1. The van der Waals surface area contributed by atoms with Crippen molar-refractivity contribution in [3.63, 3.8) is 0 Å². The van der Waals surface area contributed by atoms with Crippen LogP contribution in [0.2, 0.25) is 0 Å². The van der Waals surface area contributed by atoms with E-state index in [4.69, 9.17) is 5.73 Å². The van der Waals surface area contributed by atoms with Crippen LogP contribution in [0.1, 0.15) is 47.0 Å². The first kappa shape index (κ1) is 11.1. The molecule has 1 amide bonds. The Morgan fingerprint density at radius 3 is 2.88 bits per heavy atom. The van der Waals surface area contributed by atoms with Crippen molar-refractivity contribution in [2.45, 2.75) is 45.1 Å². The smallest absolute Gasteiger partial charge is 0.254 e. The third kappa shape index (κ3) is 2.06. The van der Waals surface area contributed by atoms with Crippen LogP contribution in [0.15, 0.2) is 0 Å². The summed E-state index contributed by atoms with van der Waals surface area (Å²) in [4.78, 5) is 13.5. The van der Waals surface area contributed by atoms with E-state index in [2.05, 4.69) is 12.2 Å². The lowest BCUT2D eigenvalue weighted by molar-refractivity contribution is 0.0951. The van der Waals surface area contributed by atoms with Gasteiger partial charge in [-0.15, -0.1) is 11.3 Å². The van der Waals surface area contributed by atoms with E-state index in [-0.39, 0.29) is 5.91 Å². The third-order valence-corrected chi connectivity index (χ3v) is 4.76. The zero-order valence-electron chi connectivity index (χ0n) is 10.1. The molecule has 1 heterocycles. The highest BCUT2D eigenvalue weighted by molar-refractivity contribution is 7.16. The first-order valence-electron chi connectivity index (χ1n) is 6.36. The van der Waals surface area contributed by atoms with Gasteiger partial charge in [0.05, 0.1) is 10.6 Å². The minimum atomic E-state index is 0.0528. The molecule has 1 saturated carbocycles. The van der Waals surface area contributed by atoms with E-state index in [1.165, 1.54) is 16.9 Å². The molecule has 3 nitrogen and oxygen atoms in total. The second-order valence-electron chi connectivity index (χ2n) is 5.34. The lowest BCUT2D eigenvalue weighted by atomic mass is 9.88. The topological polar surface area (TPSA) is 55.1 Å². The van der Waals surface area contributed by atoms with Crippen LogP contribution in [-0.2, 0) is 12.8 Å². The fourth-order valence-electron chi connectivity index (χ4n) is 2.51. The second-order valence-corrected chi connectivity index (χ2v) is 6.48. The fraction of sp³-hybridized carbons (Fsp3) is 0.615. The molecule has 0 aromatic carbocycles. The van der Waals surface area contributed by atoms with Crippen LogP contribution in [0.3, 0.4) is 0 Å². The molecule has 0 saturated heterocycles. The lowest BCUT2D eigenvalue weighted by Gasteiger charge is -2.18. The van der Waals surface area contributed by atoms with E-state index < -0.39 is 0 Å². The molecule has 92 valence electrons. The number of fused-ring (bicyclic) bond motifs is 1. The van der Waals surface area contributed by atoms with Gasteiger partial charge in [-0.05, 0) is 43.6 Å². The highest BCUT2D eigenvalue weighted by atomic mass is 32.1. The largest absolute Gasteiger partial charge is 0.390 e. The number of carbonyl (C=O) groups is 1. The van der Waals surface area contributed by atoms with Gasteiger partial charge in [0.15, 0.2) is 0 Å². The fourth-order valence-corrected chi connectivity index (χ4v) is 3.78. The van der Waals surface area contributed by atoms with Crippen LogP contribution in [-0.4, -0.2) is 11.9 Å². The summed E-state index contributed by atoms with van der Waals surface area (Å²) in [7, 11) is 0. The second kappa shape index (κ2) is 4.02. The predicted octanol–water partition coefficient (Wildman–Crippen LogP) is 2.35. The summed E-state index contributed by atoms with van der Waals surface area (Å²) < 4.78 is 0. The molecule has 2 aliphatic carbocycles. The maximum Gasteiger partial charge on any atom is 0.254 e. The number of anilines is 1. The van der Waals surface area contributed by atoms with Crippen LogP contribution >= 0.6 is 11.3 Å². The Hall–Kier alpha value is -1.03. The number of nitrogens with two attached hydrogens (primary N) is 1. The molecular formula is C13H18N2OS. The Morgan fingerprint density at radius 1 is 1.41 bits per heavy atom. The Bertz CT molecular complexity index is 462. The van der Waals surface area contributed by atoms with Crippen LogP contribution in [0.4, 0.5) is 5.00 Å². The Kier molecular flexibility index (Phi) is 2.62. The van der Waals surface area contributed by atoms with Crippen LogP contribution in [0.25, 0.3) is 0 Å². The summed E-state index contributed by atoms with van der Waals surface area (Å²) in [5, 5.41) is 3.76. The Balaban J connectivity index is 1.90. The van der Waals surface area contributed by atoms with E-state index >= 15 is 0 Å². The average molecular weight is 250 g/mol. The quantitative estimate of drug-likeness (QED) is 0.846. The molecular weight excluding hydrogens is 232 g/mol. The zero-order chi connectivity index (χ0) is 12.0. The number of thiophene rings is 1. The number of carbonyl (C=O) groups excluding carboxylic acids is 1. The SMILES string of the molecule is C[C@@H]1CCc2c(sc(N)c2C(=O)NC2CC2)C1. The van der Waals surface area contributed by atoms with Crippen LogP contribution in [0.5, 0.6) is 0 Å². The average Bonchev–Trinajstić information content (AvgIpc) is 2.99. The molecule has 3 N–H and O–H groups in total. The van der Waals surface area contributed by atoms with Gasteiger partial charge >= 0.3 is 0 Å². The van der Waals surface area contributed by atoms with Gasteiger partial charge in [-0.2, -0.15) is 0 Å². The van der Waals surface area contributed by atoms with E-state index in [0.29, 0.717) is 11.0 Å². The summed E-state index contributed by atoms with van der Waals surface area (Å²) >= 11 is 1.61. The molecule has 3 rings (SSSR count). The number of nitrogen functional groups attached to an aromatic ring is 1. The molecule has 0 radical (unpaired) electrons. The molecule has 1 atom stereocenters. The summed E-state index contributed by atoms with van der Waals surface area (Å²) in [5.41, 5.74) is 8.03. The van der Waals surface area contributed by atoms with Crippen molar-refractivity contribution >= 4 is 22.2 Å². The highest BCUT2D eigenvalue weighted by Crippen LogP contribution is 2.38. The maximum atomic E-state index is 12.1. The van der Waals surface area contributed by atoms with Crippen molar-refractivity contribution in [3.8, 4) is 0 Å². The normalized spacial score (nSPS) is 23.2. The van der Waals surface area contributed by atoms with Crippen molar-refractivity contribution < 1.29 is 4.79 Å². The lowest BCUT2D eigenvalue weighted by Crippen LogP contribution is -2.27. The molecule has 1 aromatic rings. The van der Waals surface area contributed by atoms with Gasteiger partial charge in [0.2, 0.25) is 0 Å². The van der Waals surface area contributed by atoms with Crippen LogP contribution in [0, 0.1) is 5.92 Å². The molecule has 2 aliphatic rings. The van der Waals surface area contributed by atoms with Crippen molar-refractivity contribution in [2.24, 2.45) is 5.92 Å². The summed E-state index contributed by atoms with van der Waals surface area (Å²) in [6, 6.07) is 0.403. The van der Waals surface area contributed by atoms with Gasteiger partial charge in [-0.25, -0.2) is 0 Å². The molecule has 4 heteroatoms. The molecule has 0 spiro atoms. The minimum Gasteiger partial charge on any atom is -0.390 e. The maximum absolute atomic E-state index is 12.1. The summed E-state index contributed by atoms with van der Waals surface area (Å²) in [6.07, 6.45) is 5.51. The predicted molar refractivity (Wildman–Crippen MR) is 70.4 cm³/mol. The Morgan fingerprint density at radius 2 is 2.18 bits per heavy atom. The third-order valence-electron chi connectivity index (χ3n) is 3.68. The van der Waals surface area contributed by atoms with Gasteiger partial charge in [0.1, 0.15) is 0 Å². The van der Waals surface area contributed by atoms with E-state index in [0.717, 1.165) is 37.2 Å². The Labute approximate surface area is 105 Å². The number of rotatable bonds is 2. The van der Waals surface area contributed by atoms with E-state index in [1.54, 1.807) is 11.3 Å². The number of hydrogen-bond donors (Lipinski definition) is 2. The molecule has 1 fully saturated rings. The minimum absolute atomic E-state index is 0.0528. The molecule has 0 aliphatic heterocycles. The number of hydrogen-bond acceptors (Lipinski definition) is 3. The molecule has 0 unspecified atom stereocenters. The number of amides is 1. The van der Waals surface area contributed by atoms with Crippen molar-refractivity contribution in [3.05, 3.63) is 16.0 Å². The zero-order valence-corrected chi connectivity index (χ0v) is 10.9. The molecule has 17 heavy (non-hydrogen) atoms. The first-order chi connectivity index (χ1) is 8.15. The van der Waals surface area contributed by atoms with Crippen molar-refractivity contribution in [1.29, 1.82) is 0 Å². The van der Waals surface area contributed by atoms with Crippen LogP contribution < -0.4 is 11.1 Å². The van der Waals surface area contributed by atoms with Gasteiger partial charge < -0.3 is 11.1 Å². The van der Waals surface area contributed by atoms with Crippen molar-refractivity contribution in [1.82, 2.24) is 5.32 Å². The van der Waals surface area contributed by atoms with E-state index in [1.807, 2.05) is 0 Å². The van der Waals surface area contributed by atoms with Gasteiger partial charge in [-0.3, -0.25) is 4.79 Å². The van der Waals surface area contributed by atoms with Crippen molar-refractivity contribution in [2.75, 3.05) is 5.73 Å². The van der Waals surface area contributed by atoms with Gasteiger partial charge in [0, 0.05) is 10.9 Å². The standard InChI is InChI=1S/C13H18N2OS/c1-7-2-5-9-10(6-7)17-12(14)11(9)13(16)15-8-3-4-8/h7-8H,2-6,14H2,1H3,(H,15,16)/t7-/m1/s1. The first-order valence-corrected chi connectivity index (χ1v) is 7.17. The van der Waals surface area contributed by atoms with E-state index in [9.17, 15) is 4.79 Å². The highest BCUT2D eigenvalue weighted by Gasteiger charge is 2.29. The molecule has 0 bridgehead atoms. The van der Waals surface area contributed by atoms with Gasteiger partial charge in [-0.1, -0.05) is 6.92 Å². The summed E-state index contributed by atoms with van der Waals surface area (Å²) in [5.74, 6) is 0.775. The van der Waals surface area contributed by atoms with Gasteiger partial charge in [0.25, 0.3) is 5.91 Å². The molecule has 1 aromatic heterocycles. The summed E-state index contributed by atoms with van der Waals surface area (Å²) in [6.45, 7) is 2.27. The monoisotopic (exact) mass is 250 g/mol.